The predicted molar refractivity (Wildman–Crippen MR) is 90.6 cm³/mol. The number of aromatic nitrogens is 1. The fraction of sp³-hybridized carbons (Fsp3) is 0.667. The first-order chi connectivity index (χ1) is 12.0. The van der Waals surface area contributed by atoms with E-state index in [0.717, 1.165) is 12.8 Å². The van der Waals surface area contributed by atoms with Crippen LogP contribution in [0.15, 0.2) is 0 Å². The molecule has 0 radical (unpaired) electrons. The number of rotatable bonds is 4. The molecule has 7 heteroatoms. The van der Waals surface area contributed by atoms with Gasteiger partial charge in [-0.1, -0.05) is 0 Å². The zero-order chi connectivity index (χ0) is 18.1. The van der Waals surface area contributed by atoms with Gasteiger partial charge in [-0.25, -0.2) is 4.79 Å². The second kappa shape index (κ2) is 7.17. The molecule has 2 heterocycles. The van der Waals surface area contributed by atoms with Gasteiger partial charge in [0.15, 0.2) is 0 Å². The van der Waals surface area contributed by atoms with Crippen LogP contribution in [0.4, 0.5) is 0 Å². The lowest BCUT2D eigenvalue weighted by Gasteiger charge is -2.37. The number of fused-ring (bicyclic) bond motifs is 1. The average Bonchev–Trinajstić information content (AvgIpc) is 3.14. The molecule has 1 saturated heterocycles. The fourth-order valence-electron chi connectivity index (χ4n) is 4.07. The van der Waals surface area contributed by atoms with E-state index in [1.165, 1.54) is 0 Å². The molecule has 138 valence electrons. The molecule has 1 aromatic rings. The molecule has 1 unspecified atom stereocenters. The number of carbonyl (C=O) groups is 2. The Kier molecular flexibility index (Phi) is 5.15. The highest BCUT2D eigenvalue weighted by Gasteiger charge is 2.43. The van der Waals surface area contributed by atoms with Crippen molar-refractivity contribution in [2.24, 2.45) is 5.92 Å². The van der Waals surface area contributed by atoms with E-state index in [1.807, 2.05) is 4.90 Å². The van der Waals surface area contributed by atoms with E-state index in [4.69, 9.17) is 9.47 Å². The van der Waals surface area contributed by atoms with Gasteiger partial charge in [-0.3, -0.25) is 4.79 Å². The lowest BCUT2D eigenvalue weighted by atomic mass is 10.1. The van der Waals surface area contributed by atoms with Crippen LogP contribution in [0.5, 0.6) is 0 Å². The van der Waals surface area contributed by atoms with Crippen molar-refractivity contribution in [1.29, 1.82) is 0 Å². The molecule has 2 fully saturated rings. The summed E-state index contributed by atoms with van der Waals surface area (Å²) in [7, 11) is 0. The summed E-state index contributed by atoms with van der Waals surface area (Å²) in [4.78, 5) is 30.2. The number of carbonyl (C=O) groups excluding carboxylic acids is 2. The van der Waals surface area contributed by atoms with Gasteiger partial charge in [-0.05, 0) is 45.1 Å². The van der Waals surface area contributed by atoms with Gasteiger partial charge in [0.1, 0.15) is 5.69 Å². The molecule has 1 aliphatic heterocycles. The molecule has 7 nitrogen and oxygen atoms in total. The molecule has 2 N–H and O–H groups in total. The fourth-order valence-corrected chi connectivity index (χ4v) is 4.07. The Balaban J connectivity index is 1.86. The van der Waals surface area contributed by atoms with Gasteiger partial charge >= 0.3 is 5.97 Å². The van der Waals surface area contributed by atoms with Crippen LogP contribution in [-0.2, 0) is 9.47 Å². The maximum absolute atomic E-state index is 13.1. The lowest BCUT2D eigenvalue weighted by Crippen LogP contribution is -2.51. The van der Waals surface area contributed by atoms with Crippen LogP contribution in [0, 0.1) is 19.8 Å². The number of aromatic amines is 1. The van der Waals surface area contributed by atoms with Crippen molar-refractivity contribution in [2.45, 2.75) is 45.8 Å². The molecule has 25 heavy (non-hydrogen) atoms. The third-order valence-corrected chi connectivity index (χ3v) is 5.28. The van der Waals surface area contributed by atoms with E-state index >= 15 is 0 Å². The maximum atomic E-state index is 13.1. The minimum atomic E-state index is -0.408. The number of hydrogen-bond acceptors (Lipinski definition) is 5. The zero-order valence-corrected chi connectivity index (χ0v) is 15.0. The first kappa shape index (κ1) is 17.9. The zero-order valence-electron chi connectivity index (χ0n) is 15.0. The van der Waals surface area contributed by atoms with E-state index in [-0.39, 0.29) is 30.6 Å². The lowest BCUT2D eigenvalue weighted by molar-refractivity contribution is -0.0450. The first-order valence-corrected chi connectivity index (χ1v) is 8.87. The number of aliphatic hydroxyl groups excluding tert-OH is 1. The summed E-state index contributed by atoms with van der Waals surface area (Å²) in [5, 5.41) is 9.43. The van der Waals surface area contributed by atoms with Crippen LogP contribution >= 0.6 is 0 Å². The Bertz CT molecular complexity index is 669. The second-order valence-corrected chi connectivity index (χ2v) is 6.84. The third-order valence-electron chi connectivity index (χ3n) is 5.28. The summed E-state index contributed by atoms with van der Waals surface area (Å²) in [6, 6.07) is -0.0209. The number of aryl methyl sites for hydroxylation is 1. The Morgan fingerprint density at radius 3 is 2.80 bits per heavy atom. The van der Waals surface area contributed by atoms with Gasteiger partial charge in [0.2, 0.25) is 0 Å². The van der Waals surface area contributed by atoms with Crippen LogP contribution in [0.2, 0.25) is 0 Å². The largest absolute Gasteiger partial charge is 0.462 e. The normalized spacial score (nSPS) is 25.8. The SMILES string of the molecule is CCOC(=O)c1c(C)[nH]c(C(=O)N2CCOC3C[C@H](CO)C[C@@H]32)c1C. The van der Waals surface area contributed by atoms with E-state index in [0.29, 0.717) is 42.3 Å². The number of nitrogens with one attached hydrogen (secondary N) is 1. The second-order valence-electron chi connectivity index (χ2n) is 6.84. The molecule has 3 atom stereocenters. The molecule has 1 amide bonds. The molecule has 0 spiro atoms. The van der Waals surface area contributed by atoms with Gasteiger partial charge in [-0.2, -0.15) is 0 Å². The van der Waals surface area contributed by atoms with Crippen LogP contribution in [0.1, 0.15) is 51.9 Å². The van der Waals surface area contributed by atoms with Crippen molar-refractivity contribution in [3.05, 3.63) is 22.5 Å². The number of aliphatic hydroxyl groups is 1. The van der Waals surface area contributed by atoms with Gasteiger partial charge in [0, 0.05) is 18.8 Å². The minimum Gasteiger partial charge on any atom is -0.462 e. The monoisotopic (exact) mass is 350 g/mol. The number of nitrogens with zero attached hydrogens (tertiary/aromatic N) is 1. The van der Waals surface area contributed by atoms with Crippen molar-refractivity contribution in [2.75, 3.05) is 26.4 Å². The van der Waals surface area contributed by atoms with Gasteiger partial charge in [-0.15, -0.1) is 0 Å². The molecular formula is C18H26N2O5. The number of ether oxygens (including phenoxy) is 2. The molecule has 0 aromatic carbocycles. The highest BCUT2D eigenvalue weighted by Crippen LogP contribution is 2.35. The summed E-state index contributed by atoms with van der Waals surface area (Å²) < 4.78 is 10.9. The van der Waals surface area contributed by atoms with E-state index in [9.17, 15) is 14.7 Å². The Hall–Kier alpha value is -1.86. The van der Waals surface area contributed by atoms with E-state index in [1.54, 1.807) is 20.8 Å². The summed E-state index contributed by atoms with van der Waals surface area (Å²) in [5.41, 5.74) is 2.15. The Labute approximate surface area is 147 Å². The minimum absolute atomic E-state index is 0.0178. The highest BCUT2D eigenvalue weighted by molar-refractivity contribution is 6.00. The predicted octanol–water partition coefficient (Wildman–Crippen LogP) is 1.42. The first-order valence-electron chi connectivity index (χ1n) is 8.87. The molecular weight excluding hydrogens is 324 g/mol. The number of esters is 1. The van der Waals surface area contributed by atoms with Gasteiger partial charge in [0.25, 0.3) is 5.91 Å². The summed E-state index contributed by atoms with van der Waals surface area (Å²) in [6.45, 7) is 6.72. The average molecular weight is 350 g/mol. The maximum Gasteiger partial charge on any atom is 0.340 e. The van der Waals surface area contributed by atoms with Crippen molar-refractivity contribution < 1.29 is 24.2 Å². The van der Waals surface area contributed by atoms with E-state index in [2.05, 4.69) is 4.98 Å². The highest BCUT2D eigenvalue weighted by atomic mass is 16.5. The quantitative estimate of drug-likeness (QED) is 0.802. The van der Waals surface area contributed by atoms with Crippen molar-refractivity contribution in [3.8, 4) is 0 Å². The van der Waals surface area contributed by atoms with E-state index < -0.39 is 5.97 Å². The number of morpholine rings is 1. The summed E-state index contributed by atoms with van der Waals surface area (Å²) in [6.07, 6.45) is 1.51. The molecule has 0 bridgehead atoms. The van der Waals surface area contributed by atoms with Gasteiger partial charge in [0.05, 0.1) is 30.9 Å². The molecule has 1 aromatic heterocycles. The Morgan fingerprint density at radius 2 is 2.12 bits per heavy atom. The number of amides is 1. The topological polar surface area (TPSA) is 91.9 Å². The van der Waals surface area contributed by atoms with Crippen LogP contribution in [0.3, 0.4) is 0 Å². The summed E-state index contributed by atoms with van der Waals surface area (Å²) >= 11 is 0. The van der Waals surface area contributed by atoms with Crippen LogP contribution in [-0.4, -0.2) is 65.4 Å². The third kappa shape index (κ3) is 3.18. The molecule has 1 aliphatic carbocycles. The van der Waals surface area contributed by atoms with Crippen molar-refractivity contribution in [1.82, 2.24) is 9.88 Å². The number of H-pyrrole nitrogens is 1. The van der Waals surface area contributed by atoms with Crippen LogP contribution < -0.4 is 0 Å². The smallest absolute Gasteiger partial charge is 0.340 e. The van der Waals surface area contributed by atoms with Gasteiger partial charge < -0.3 is 24.5 Å². The molecule has 3 rings (SSSR count). The molecule has 2 aliphatic rings. The van der Waals surface area contributed by atoms with Crippen LogP contribution in [0.25, 0.3) is 0 Å². The number of hydrogen-bond donors (Lipinski definition) is 2. The van der Waals surface area contributed by atoms with Crippen molar-refractivity contribution >= 4 is 11.9 Å². The molecule has 1 saturated carbocycles. The summed E-state index contributed by atoms with van der Waals surface area (Å²) in [5.74, 6) is -0.355. The standard InChI is InChI=1S/C18H26N2O5/c1-4-24-18(23)15-10(2)16(19-11(15)3)17(22)20-5-6-25-14-8-12(9-21)7-13(14)20/h12-14,19,21H,4-9H2,1-3H3/t12-,13+,14?/m1/s1. The Morgan fingerprint density at radius 1 is 1.36 bits per heavy atom. The van der Waals surface area contributed by atoms with Crippen molar-refractivity contribution in [3.63, 3.8) is 0 Å².